The molecule has 0 aliphatic heterocycles. The highest BCUT2D eigenvalue weighted by Crippen LogP contribution is 2.24. The molecule has 1 aliphatic rings. The Morgan fingerprint density at radius 2 is 1.88 bits per heavy atom. The summed E-state index contributed by atoms with van der Waals surface area (Å²) in [4.78, 5) is 14.6. The van der Waals surface area contributed by atoms with E-state index in [2.05, 4.69) is 25.2 Å². The molecule has 2 rings (SSSR count). The molecule has 1 saturated carbocycles. The maximum absolute atomic E-state index is 5.88. The molecule has 6 heteroatoms. The van der Waals surface area contributed by atoms with Crippen LogP contribution in [-0.2, 0) is 0 Å². The van der Waals surface area contributed by atoms with Crippen LogP contribution in [0.15, 0.2) is 0 Å². The number of rotatable bonds is 3. The third-order valence-corrected chi connectivity index (χ3v) is 3.43. The van der Waals surface area contributed by atoms with Crippen molar-refractivity contribution < 1.29 is 0 Å². The Morgan fingerprint density at radius 3 is 2.53 bits per heavy atom. The molecule has 0 radical (unpaired) electrons. The van der Waals surface area contributed by atoms with Gasteiger partial charge in [0, 0.05) is 20.1 Å². The second-order valence-electron chi connectivity index (χ2n) is 4.38. The fourth-order valence-corrected chi connectivity index (χ4v) is 2.40. The molecule has 1 N–H and O–H groups in total. The van der Waals surface area contributed by atoms with Gasteiger partial charge in [-0.15, -0.1) is 0 Å². The molecule has 5 nitrogen and oxygen atoms in total. The summed E-state index contributed by atoms with van der Waals surface area (Å²) in [5.74, 6) is 1.17. The standard InChI is InChI=1S/C11H18ClN5/c1-13-10-14-9(12)15-11(16-10)17(2)8-6-4-3-5-7-8/h8H,3-7H2,1-2H3,(H,13,14,15,16). The summed E-state index contributed by atoms with van der Waals surface area (Å²) in [6.07, 6.45) is 6.31. The lowest BCUT2D eigenvalue weighted by Crippen LogP contribution is -2.34. The Hall–Kier alpha value is -1.10. The Morgan fingerprint density at radius 1 is 1.18 bits per heavy atom. The summed E-state index contributed by atoms with van der Waals surface area (Å²) in [6, 6.07) is 0.520. The topological polar surface area (TPSA) is 53.9 Å². The zero-order chi connectivity index (χ0) is 12.3. The average molecular weight is 256 g/mol. The highest BCUT2D eigenvalue weighted by molar-refractivity contribution is 6.28. The number of hydrogen-bond donors (Lipinski definition) is 1. The summed E-state index contributed by atoms with van der Waals surface area (Å²) in [5.41, 5.74) is 0. The largest absolute Gasteiger partial charge is 0.357 e. The normalized spacial score (nSPS) is 16.9. The van der Waals surface area contributed by atoms with Crippen LogP contribution in [0.25, 0.3) is 0 Å². The van der Waals surface area contributed by atoms with Gasteiger partial charge >= 0.3 is 0 Å². The van der Waals surface area contributed by atoms with E-state index in [0.29, 0.717) is 17.9 Å². The van der Waals surface area contributed by atoms with Crippen LogP contribution < -0.4 is 10.2 Å². The molecule has 0 unspecified atom stereocenters. The van der Waals surface area contributed by atoms with Crippen molar-refractivity contribution in [3.8, 4) is 0 Å². The Balaban J connectivity index is 2.17. The van der Waals surface area contributed by atoms with Gasteiger partial charge in [-0.25, -0.2) is 0 Å². The molecule has 1 heterocycles. The van der Waals surface area contributed by atoms with E-state index >= 15 is 0 Å². The van der Waals surface area contributed by atoms with Crippen molar-refractivity contribution in [1.82, 2.24) is 15.0 Å². The lowest BCUT2D eigenvalue weighted by Gasteiger charge is -2.31. The first kappa shape index (κ1) is 12.4. The molecule has 1 aromatic rings. The van der Waals surface area contributed by atoms with Gasteiger partial charge in [0.05, 0.1) is 0 Å². The first-order valence-corrected chi connectivity index (χ1v) is 6.40. The van der Waals surface area contributed by atoms with E-state index in [1.807, 2.05) is 7.05 Å². The van der Waals surface area contributed by atoms with Crippen LogP contribution in [0.2, 0.25) is 5.28 Å². The van der Waals surface area contributed by atoms with Crippen molar-refractivity contribution in [2.45, 2.75) is 38.1 Å². The lowest BCUT2D eigenvalue weighted by molar-refractivity contribution is 0.424. The second kappa shape index (κ2) is 5.49. The third kappa shape index (κ3) is 2.97. The van der Waals surface area contributed by atoms with E-state index in [1.54, 1.807) is 7.05 Å². The molecular weight excluding hydrogens is 238 g/mol. The summed E-state index contributed by atoms with van der Waals surface area (Å²) in [7, 11) is 3.80. The minimum absolute atomic E-state index is 0.238. The van der Waals surface area contributed by atoms with E-state index in [1.165, 1.54) is 32.1 Å². The van der Waals surface area contributed by atoms with Gasteiger partial charge in [-0.2, -0.15) is 15.0 Å². The van der Waals surface area contributed by atoms with Gasteiger partial charge in [-0.3, -0.25) is 0 Å². The first-order chi connectivity index (χ1) is 8.20. The van der Waals surface area contributed by atoms with Gasteiger partial charge in [0.1, 0.15) is 0 Å². The Labute approximate surface area is 107 Å². The van der Waals surface area contributed by atoms with E-state index in [9.17, 15) is 0 Å². The quantitative estimate of drug-likeness (QED) is 0.899. The molecule has 0 saturated heterocycles. The predicted molar refractivity (Wildman–Crippen MR) is 69.7 cm³/mol. The van der Waals surface area contributed by atoms with Crippen LogP contribution in [0.4, 0.5) is 11.9 Å². The molecule has 17 heavy (non-hydrogen) atoms. The van der Waals surface area contributed by atoms with Crippen molar-refractivity contribution in [2.75, 3.05) is 24.3 Å². The molecule has 0 bridgehead atoms. The Bertz CT molecular complexity index is 378. The minimum Gasteiger partial charge on any atom is -0.357 e. The smallest absolute Gasteiger partial charge is 0.231 e. The van der Waals surface area contributed by atoms with E-state index in [-0.39, 0.29) is 5.28 Å². The number of nitrogens with zero attached hydrogens (tertiary/aromatic N) is 4. The molecule has 94 valence electrons. The molecule has 0 atom stereocenters. The molecule has 0 aromatic carbocycles. The lowest BCUT2D eigenvalue weighted by atomic mass is 9.95. The van der Waals surface area contributed by atoms with Gasteiger partial charge in [-0.05, 0) is 24.4 Å². The fourth-order valence-electron chi connectivity index (χ4n) is 2.24. The highest BCUT2D eigenvalue weighted by Gasteiger charge is 2.20. The van der Waals surface area contributed by atoms with Crippen molar-refractivity contribution in [3.05, 3.63) is 5.28 Å². The summed E-state index contributed by atoms with van der Waals surface area (Å²) in [5, 5.41) is 3.13. The van der Waals surface area contributed by atoms with Crippen molar-refractivity contribution in [1.29, 1.82) is 0 Å². The highest BCUT2D eigenvalue weighted by atomic mass is 35.5. The molecule has 0 amide bonds. The summed E-state index contributed by atoms with van der Waals surface area (Å²) < 4.78 is 0. The van der Waals surface area contributed by atoms with Crippen LogP contribution in [0, 0.1) is 0 Å². The second-order valence-corrected chi connectivity index (χ2v) is 4.72. The van der Waals surface area contributed by atoms with Crippen molar-refractivity contribution in [3.63, 3.8) is 0 Å². The molecule has 1 aliphatic carbocycles. The van der Waals surface area contributed by atoms with E-state index < -0.39 is 0 Å². The van der Waals surface area contributed by atoms with Gasteiger partial charge in [0.2, 0.25) is 17.2 Å². The van der Waals surface area contributed by atoms with E-state index in [4.69, 9.17) is 11.6 Å². The van der Waals surface area contributed by atoms with Gasteiger partial charge < -0.3 is 10.2 Å². The number of aromatic nitrogens is 3. The Kier molecular flexibility index (Phi) is 3.99. The number of halogens is 1. The molecule has 0 spiro atoms. The summed E-state index contributed by atoms with van der Waals surface area (Å²) in [6.45, 7) is 0. The number of anilines is 2. The van der Waals surface area contributed by atoms with Crippen LogP contribution in [0.3, 0.4) is 0 Å². The number of hydrogen-bond acceptors (Lipinski definition) is 5. The first-order valence-electron chi connectivity index (χ1n) is 6.03. The monoisotopic (exact) mass is 255 g/mol. The van der Waals surface area contributed by atoms with Crippen molar-refractivity contribution >= 4 is 23.5 Å². The van der Waals surface area contributed by atoms with Crippen LogP contribution in [-0.4, -0.2) is 35.1 Å². The van der Waals surface area contributed by atoms with Crippen LogP contribution >= 0.6 is 11.6 Å². The molecular formula is C11H18ClN5. The van der Waals surface area contributed by atoms with Gasteiger partial charge in [0.25, 0.3) is 0 Å². The average Bonchev–Trinajstić information content (AvgIpc) is 2.38. The maximum Gasteiger partial charge on any atom is 0.231 e. The third-order valence-electron chi connectivity index (χ3n) is 3.26. The van der Waals surface area contributed by atoms with Crippen molar-refractivity contribution in [2.24, 2.45) is 0 Å². The number of nitrogens with one attached hydrogen (secondary N) is 1. The molecule has 1 fully saturated rings. The van der Waals surface area contributed by atoms with Crippen LogP contribution in [0.5, 0.6) is 0 Å². The van der Waals surface area contributed by atoms with Gasteiger partial charge in [-0.1, -0.05) is 19.3 Å². The maximum atomic E-state index is 5.88. The van der Waals surface area contributed by atoms with Gasteiger partial charge in [0.15, 0.2) is 0 Å². The predicted octanol–water partition coefficient (Wildman–Crippen LogP) is 2.34. The minimum atomic E-state index is 0.238. The van der Waals surface area contributed by atoms with E-state index in [0.717, 1.165) is 0 Å². The zero-order valence-electron chi connectivity index (χ0n) is 10.3. The fraction of sp³-hybridized carbons (Fsp3) is 0.727. The summed E-state index contributed by atoms with van der Waals surface area (Å²) >= 11 is 5.88. The SMILES string of the molecule is CNc1nc(Cl)nc(N(C)C2CCCCC2)n1. The van der Waals surface area contributed by atoms with Crippen LogP contribution in [0.1, 0.15) is 32.1 Å². The molecule has 1 aromatic heterocycles. The zero-order valence-corrected chi connectivity index (χ0v) is 11.0.